The van der Waals surface area contributed by atoms with Gasteiger partial charge in [0, 0.05) is 52.3 Å². The maximum atomic E-state index is 6.20. The number of aliphatic imine (C=N–C) groups is 1. The summed E-state index contributed by atoms with van der Waals surface area (Å²) in [5.41, 5.74) is 2.64. The molecule has 0 radical (unpaired) electrons. The topological polar surface area (TPSA) is 49.3 Å². The lowest BCUT2D eigenvalue weighted by Crippen LogP contribution is -2.50. The predicted molar refractivity (Wildman–Crippen MR) is 147 cm³/mol. The van der Waals surface area contributed by atoms with E-state index in [1.807, 2.05) is 7.05 Å². The van der Waals surface area contributed by atoms with Gasteiger partial charge in [0.25, 0.3) is 0 Å². The number of guanidine groups is 1. The van der Waals surface area contributed by atoms with Crippen molar-refractivity contribution in [1.29, 1.82) is 0 Å². The first kappa shape index (κ1) is 25.4. The monoisotopic (exact) mass is 576 g/mol. The van der Waals surface area contributed by atoms with Gasteiger partial charge in [-0.3, -0.25) is 9.89 Å². The normalized spacial score (nSPS) is 27.7. The molecule has 0 aromatic heterocycles. The van der Waals surface area contributed by atoms with Crippen molar-refractivity contribution >= 4 is 29.9 Å². The second kappa shape index (κ2) is 12.3. The van der Waals surface area contributed by atoms with Crippen LogP contribution in [0.1, 0.15) is 30.1 Å². The van der Waals surface area contributed by atoms with Crippen LogP contribution in [0.15, 0.2) is 65.7 Å². The van der Waals surface area contributed by atoms with E-state index in [0.717, 1.165) is 58.3 Å². The molecule has 0 bridgehead atoms. The minimum atomic E-state index is 0. The van der Waals surface area contributed by atoms with Crippen molar-refractivity contribution in [3.8, 4) is 0 Å². The lowest BCUT2D eigenvalue weighted by molar-refractivity contribution is -0.0502. The predicted octanol–water partition coefficient (Wildman–Crippen LogP) is 3.93. The lowest BCUT2D eigenvalue weighted by atomic mass is 9.89. The largest absolute Gasteiger partial charge is 0.373 e. The molecule has 0 amide bonds. The van der Waals surface area contributed by atoms with Crippen molar-refractivity contribution in [3.63, 3.8) is 0 Å². The maximum Gasteiger partial charge on any atom is 0.193 e. The number of hydrogen-bond donors (Lipinski definition) is 1. The zero-order valence-electron chi connectivity index (χ0n) is 20.0. The van der Waals surface area contributed by atoms with E-state index in [9.17, 15) is 0 Å². The van der Waals surface area contributed by atoms with E-state index in [4.69, 9.17) is 9.47 Å². The minimum absolute atomic E-state index is 0. The maximum absolute atomic E-state index is 6.20. The van der Waals surface area contributed by atoms with Crippen LogP contribution < -0.4 is 5.32 Å². The van der Waals surface area contributed by atoms with Gasteiger partial charge in [0.15, 0.2) is 5.96 Å². The number of likely N-dealkylation sites (tertiary alicyclic amines) is 1. The molecule has 4 unspecified atom stereocenters. The molecule has 3 aliphatic rings. The zero-order chi connectivity index (χ0) is 22.5. The summed E-state index contributed by atoms with van der Waals surface area (Å²) in [5.74, 6) is 1.42. The van der Waals surface area contributed by atoms with Crippen molar-refractivity contribution in [2.45, 2.75) is 37.6 Å². The molecular formula is C27H37IN4O2. The average Bonchev–Trinajstić information content (AvgIpc) is 3.31. The molecule has 2 aromatic carbocycles. The molecule has 5 rings (SSSR count). The number of rotatable bonds is 5. The van der Waals surface area contributed by atoms with Crippen LogP contribution in [0.5, 0.6) is 0 Å². The molecule has 6 nitrogen and oxygen atoms in total. The Kier molecular flexibility index (Phi) is 9.22. The van der Waals surface area contributed by atoms with Gasteiger partial charge < -0.3 is 19.7 Å². The Labute approximate surface area is 220 Å². The van der Waals surface area contributed by atoms with E-state index in [-0.39, 0.29) is 36.2 Å². The standard InChI is InChI=1S/C27H36N4O2.HI/c1-28-27(29-17-23-13-8-15-33-26(23)22-11-6-3-7-12-22)31-19-24-25(20-31)32-16-14-30(24)18-21-9-4-2-5-10-21;/h2-7,9-12,23-26H,8,13-20H2,1H3,(H,28,29);1H. The summed E-state index contributed by atoms with van der Waals surface area (Å²) in [4.78, 5) is 9.59. The van der Waals surface area contributed by atoms with Gasteiger partial charge in [-0.1, -0.05) is 60.7 Å². The molecule has 0 saturated carbocycles. The van der Waals surface area contributed by atoms with E-state index in [1.54, 1.807) is 0 Å². The van der Waals surface area contributed by atoms with E-state index < -0.39 is 0 Å². The number of halogens is 1. The number of hydrogen-bond acceptors (Lipinski definition) is 4. The fraction of sp³-hybridized carbons (Fsp3) is 0.519. The molecule has 0 aliphatic carbocycles. The number of fused-ring (bicyclic) bond motifs is 1. The third kappa shape index (κ3) is 5.93. The SMILES string of the molecule is CN=C(NCC1CCCOC1c1ccccc1)N1CC2OCCN(Cc3ccccc3)C2C1.I. The lowest BCUT2D eigenvalue weighted by Gasteiger charge is -2.36. The van der Waals surface area contributed by atoms with Crippen LogP contribution in [-0.4, -0.2) is 74.3 Å². The Morgan fingerprint density at radius 3 is 2.53 bits per heavy atom. The number of morpholine rings is 1. The number of benzene rings is 2. The first-order valence-corrected chi connectivity index (χ1v) is 12.3. The molecular weight excluding hydrogens is 539 g/mol. The molecule has 1 N–H and O–H groups in total. The van der Waals surface area contributed by atoms with E-state index >= 15 is 0 Å². The van der Waals surface area contributed by atoms with Gasteiger partial charge >= 0.3 is 0 Å². The third-order valence-electron chi connectivity index (χ3n) is 7.25. The molecule has 3 saturated heterocycles. The van der Waals surface area contributed by atoms with Gasteiger partial charge in [0.05, 0.1) is 24.9 Å². The number of nitrogens with zero attached hydrogens (tertiary/aromatic N) is 3. The summed E-state index contributed by atoms with van der Waals surface area (Å²) >= 11 is 0. The Morgan fingerprint density at radius 1 is 1.00 bits per heavy atom. The van der Waals surface area contributed by atoms with Crippen LogP contribution in [0.2, 0.25) is 0 Å². The Hall–Kier alpha value is -1.68. The third-order valence-corrected chi connectivity index (χ3v) is 7.25. The van der Waals surface area contributed by atoms with Crippen LogP contribution >= 0.6 is 24.0 Å². The highest BCUT2D eigenvalue weighted by atomic mass is 127. The van der Waals surface area contributed by atoms with Crippen molar-refractivity contribution in [1.82, 2.24) is 15.1 Å². The highest BCUT2D eigenvalue weighted by Gasteiger charge is 2.41. The average molecular weight is 577 g/mol. The van der Waals surface area contributed by atoms with Crippen molar-refractivity contribution in [3.05, 3.63) is 71.8 Å². The Balaban J connectivity index is 0.00000274. The van der Waals surface area contributed by atoms with E-state index in [0.29, 0.717) is 12.0 Å². The minimum Gasteiger partial charge on any atom is -0.373 e. The molecule has 7 heteroatoms. The smallest absolute Gasteiger partial charge is 0.193 e. The summed E-state index contributed by atoms with van der Waals surface area (Å²) in [6, 6.07) is 21.8. The van der Waals surface area contributed by atoms with Crippen LogP contribution in [0.4, 0.5) is 0 Å². The van der Waals surface area contributed by atoms with E-state index in [1.165, 1.54) is 17.5 Å². The van der Waals surface area contributed by atoms with Gasteiger partial charge in [-0.05, 0) is 24.0 Å². The summed E-state index contributed by atoms with van der Waals surface area (Å²) in [6.07, 6.45) is 2.67. The van der Waals surface area contributed by atoms with Gasteiger partial charge in [-0.15, -0.1) is 24.0 Å². The van der Waals surface area contributed by atoms with Crippen molar-refractivity contribution in [2.75, 3.05) is 46.4 Å². The van der Waals surface area contributed by atoms with Gasteiger partial charge in [-0.25, -0.2) is 0 Å². The summed E-state index contributed by atoms with van der Waals surface area (Å²) in [6.45, 7) is 6.30. The highest BCUT2D eigenvalue weighted by molar-refractivity contribution is 14.0. The van der Waals surface area contributed by atoms with Crippen LogP contribution in [-0.2, 0) is 16.0 Å². The fourth-order valence-corrected chi connectivity index (χ4v) is 5.56. The van der Waals surface area contributed by atoms with Gasteiger partial charge in [-0.2, -0.15) is 0 Å². The quantitative estimate of drug-likeness (QED) is 0.332. The zero-order valence-corrected chi connectivity index (χ0v) is 22.3. The summed E-state index contributed by atoms with van der Waals surface area (Å²) in [5, 5.41) is 3.68. The van der Waals surface area contributed by atoms with Crippen molar-refractivity contribution < 1.29 is 9.47 Å². The molecule has 3 fully saturated rings. The molecule has 2 aromatic rings. The molecule has 4 atom stereocenters. The molecule has 3 heterocycles. The molecule has 3 aliphatic heterocycles. The Morgan fingerprint density at radius 2 is 1.76 bits per heavy atom. The van der Waals surface area contributed by atoms with Crippen molar-refractivity contribution in [2.24, 2.45) is 10.9 Å². The Bertz CT molecular complexity index is 913. The first-order chi connectivity index (χ1) is 16.3. The fourth-order valence-electron chi connectivity index (χ4n) is 5.56. The van der Waals surface area contributed by atoms with Crippen LogP contribution in [0.25, 0.3) is 0 Å². The van der Waals surface area contributed by atoms with Crippen LogP contribution in [0, 0.1) is 5.92 Å². The number of nitrogens with one attached hydrogen (secondary N) is 1. The van der Waals surface area contributed by atoms with E-state index in [2.05, 4.69) is 80.8 Å². The number of ether oxygens (including phenoxy) is 2. The van der Waals surface area contributed by atoms with Gasteiger partial charge in [0.1, 0.15) is 0 Å². The highest BCUT2D eigenvalue weighted by Crippen LogP contribution is 2.33. The van der Waals surface area contributed by atoms with Gasteiger partial charge in [0.2, 0.25) is 0 Å². The molecule has 0 spiro atoms. The van der Waals surface area contributed by atoms with Crippen LogP contribution in [0.3, 0.4) is 0 Å². The summed E-state index contributed by atoms with van der Waals surface area (Å²) < 4.78 is 12.4. The molecule has 34 heavy (non-hydrogen) atoms. The second-order valence-corrected chi connectivity index (χ2v) is 9.37. The second-order valence-electron chi connectivity index (χ2n) is 9.37. The first-order valence-electron chi connectivity index (χ1n) is 12.3. The summed E-state index contributed by atoms with van der Waals surface area (Å²) in [7, 11) is 1.89. The molecule has 184 valence electrons.